The second-order valence-electron chi connectivity index (χ2n) is 1.70. The van der Waals surface area contributed by atoms with Crippen molar-refractivity contribution in [2.45, 2.75) is 0 Å². The number of rotatable bonds is 2. The Morgan fingerprint density at radius 3 is 2.91 bits per heavy atom. The Labute approximate surface area is 68.5 Å². The van der Waals surface area contributed by atoms with E-state index >= 15 is 0 Å². The SMILES string of the molecule is NP(O)(=S)Oc1ccncn1. The molecule has 7 heteroatoms. The largest absolute Gasteiger partial charge is 0.414 e. The van der Waals surface area contributed by atoms with Crippen LogP contribution in [-0.2, 0) is 11.8 Å². The predicted molar refractivity (Wildman–Crippen MR) is 43.4 cm³/mol. The lowest BCUT2D eigenvalue weighted by molar-refractivity contribution is 0.472. The minimum atomic E-state index is -3.14. The van der Waals surface area contributed by atoms with Gasteiger partial charge in [0, 0.05) is 12.3 Å². The van der Waals surface area contributed by atoms with Gasteiger partial charge in [0.1, 0.15) is 6.33 Å². The molecule has 0 aliphatic rings. The molecule has 0 radical (unpaired) electrons. The zero-order valence-electron chi connectivity index (χ0n) is 5.41. The molecule has 0 saturated carbocycles. The molecule has 1 atom stereocenters. The molecule has 11 heavy (non-hydrogen) atoms. The van der Waals surface area contributed by atoms with Crippen LogP contribution in [-0.4, -0.2) is 14.9 Å². The van der Waals surface area contributed by atoms with E-state index in [4.69, 9.17) is 14.9 Å². The molecule has 1 heterocycles. The fourth-order valence-corrected chi connectivity index (χ4v) is 1.07. The molecule has 1 rings (SSSR count). The lowest BCUT2D eigenvalue weighted by Crippen LogP contribution is -2.01. The molecule has 1 aromatic heterocycles. The molecular formula is C4H6N3O2PS. The summed E-state index contributed by atoms with van der Waals surface area (Å²) in [5, 5.41) is 0. The highest BCUT2D eigenvalue weighted by Crippen LogP contribution is 2.32. The first-order valence-electron chi connectivity index (χ1n) is 2.65. The van der Waals surface area contributed by atoms with Crippen LogP contribution in [0.3, 0.4) is 0 Å². The summed E-state index contributed by atoms with van der Waals surface area (Å²) in [5.74, 6) is 0.188. The highest BCUT2D eigenvalue weighted by atomic mass is 32.5. The van der Waals surface area contributed by atoms with Crippen molar-refractivity contribution < 1.29 is 9.42 Å². The van der Waals surface area contributed by atoms with Gasteiger partial charge in [-0.1, -0.05) is 0 Å². The van der Waals surface area contributed by atoms with Gasteiger partial charge in [-0.05, 0) is 11.8 Å². The summed E-state index contributed by atoms with van der Waals surface area (Å²) >= 11 is 4.43. The molecule has 0 aliphatic carbocycles. The first-order chi connectivity index (χ1) is 5.08. The fraction of sp³-hybridized carbons (Fsp3) is 0. The van der Waals surface area contributed by atoms with Gasteiger partial charge in [-0.3, -0.25) is 0 Å². The lowest BCUT2D eigenvalue weighted by Gasteiger charge is -2.08. The van der Waals surface area contributed by atoms with E-state index < -0.39 is 6.64 Å². The van der Waals surface area contributed by atoms with Gasteiger partial charge in [0.15, 0.2) is 0 Å². The maximum Gasteiger partial charge on any atom is 0.308 e. The van der Waals surface area contributed by atoms with Gasteiger partial charge < -0.3 is 9.42 Å². The summed E-state index contributed by atoms with van der Waals surface area (Å²) in [6.07, 6.45) is 2.74. The zero-order valence-corrected chi connectivity index (χ0v) is 7.13. The first-order valence-corrected chi connectivity index (χ1v) is 5.39. The van der Waals surface area contributed by atoms with Crippen LogP contribution in [0.5, 0.6) is 5.88 Å². The number of nitrogens with two attached hydrogens (primary N) is 1. The molecule has 0 saturated heterocycles. The summed E-state index contributed by atoms with van der Waals surface area (Å²) < 4.78 is 4.71. The Kier molecular flexibility index (Phi) is 2.51. The lowest BCUT2D eigenvalue weighted by atomic mass is 10.6. The molecule has 5 nitrogen and oxygen atoms in total. The number of aromatic nitrogens is 2. The van der Waals surface area contributed by atoms with Gasteiger partial charge >= 0.3 is 6.64 Å². The number of hydrogen-bond donors (Lipinski definition) is 2. The van der Waals surface area contributed by atoms with Crippen LogP contribution in [0.4, 0.5) is 0 Å². The van der Waals surface area contributed by atoms with E-state index in [0.717, 1.165) is 0 Å². The van der Waals surface area contributed by atoms with Crippen LogP contribution >= 0.6 is 6.64 Å². The second-order valence-corrected chi connectivity index (χ2v) is 4.58. The molecule has 0 aromatic carbocycles. The van der Waals surface area contributed by atoms with Crippen molar-refractivity contribution in [2.75, 3.05) is 0 Å². The molecule has 0 bridgehead atoms. The van der Waals surface area contributed by atoms with Crippen molar-refractivity contribution in [1.29, 1.82) is 0 Å². The predicted octanol–water partition coefficient (Wildman–Crippen LogP) is 0.0309. The Bertz CT molecular complexity index is 274. The smallest absolute Gasteiger partial charge is 0.308 e. The average molecular weight is 191 g/mol. The Hall–Kier alpha value is -0.550. The van der Waals surface area contributed by atoms with Crippen LogP contribution in [0.15, 0.2) is 18.6 Å². The topological polar surface area (TPSA) is 81.3 Å². The Morgan fingerprint density at radius 2 is 2.45 bits per heavy atom. The summed E-state index contributed by atoms with van der Waals surface area (Å²) in [6, 6.07) is 1.46. The second kappa shape index (κ2) is 3.23. The van der Waals surface area contributed by atoms with Gasteiger partial charge in [0.25, 0.3) is 0 Å². The summed E-state index contributed by atoms with van der Waals surface area (Å²) in [5.41, 5.74) is 5.07. The van der Waals surface area contributed by atoms with E-state index in [-0.39, 0.29) is 5.88 Å². The van der Waals surface area contributed by atoms with E-state index in [1.54, 1.807) is 0 Å². The molecule has 0 spiro atoms. The Balaban J connectivity index is 2.74. The van der Waals surface area contributed by atoms with Crippen LogP contribution in [0.2, 0.25) is 0 Å². The normalized spacial score (nSPS) is 15.5. The monoisotopic (exact) mass is 191 g/mol. The molecule has 0 amide bonds. The molecule has 60 valence electrons. The molecular weight excluding hydrogens is 185 g/mol. The van der Waals surface area contributed by atoms with Crippen molar-refractivity contribution in [2.24, 2.45) is 5.50 Å². The first kappa shape index (κ1) is 8.55. The Morgan fingerprint density at radius 1 is 1.73 bits per heavy atom. The third kappa shape index (κ3) is 3.38. The van der Waals surface area contributed by atoms with Crippen molar-refractivity contribution >= 4 is 18.4 Å². The van der Waals surface area contributed by atoms with E-state index in [9.17, 15) is 0 Å². The number of hydrogen-bond acceptors (Lipinski definition) is 4. The summed E-state index contributed by atoms with van der Waals surface area (Å²) in [6.45, 7) is -3.14. The van der Waals surface area contributed by atoms with Gasteiger partial charge in [-0.2, -0.15) is 0 Å². The van der Waals surface area contributed by atoms with Gasteiger partial charge in [0.2, 0.25) is 5.88 Å². The number of nitrogens with zero attached hydrogens (tertiary/aromatic N) is 2. The van der Waals surface area contributed by atoms with Crippen LogP contribution in [0.25, 0.3) is 0 Å². The van der Waals surface area contributed by atoms with Crippen molar-refractivity contribution in [3.63, 3.8) is 0 Å². The standard InChI is InChI=1S/C4H6N3O2PS/c5-10(8,11)9-4-1-2-6-3-7-4/h1-3H,(H3,5,8,11). The van der Waals surface area contributed by atoms with Crippen LogP contribution in [0, 0.1) is 0 Å². The zero-order chi connectivity index (χ0) is 8.32. The van der Waals surface area contributed by atoms with E-state index in [2.05, 4.69) is 21.8 Å². The fourth-order valence-electron chi connectivity index (χ4n) is 0.467. The highest BCUT2D eigenvalue weighted by Gasteiger charge is 2.07. The van der Waals surface area contributed by atoms with Crippen LogP contribution < -0.4 is 10.0 Å². The van der Waals surface area contributed by atoms with Crippen LogP contribution in [0.1, 0.15) is 0 Å². The summed E-state index contributed by atoms with van der Waals surface area (Å²) in [4.78, 5) is 16.2. The quantitative estimate of drug-likeness (QED) is 0.642. The van der Waals surface area contributed by atoms with Gasteiger partial charge in [-0.25, -0.2) is 15.5 Å². The third-order valence-corrected chi connectivity index (χ3v) is 1.45. The maximum absolute atomic E-state index is 8.89. The van der Waals surface area contributed by atoms with E-state index in [0.29, 0.717) is 0 Å². The summed E-state index contributed by atoms with van der Waals surface area (Å²) in [7, 11) is 0. The van der Waals surface area contributed by atoms with E-state index in [1.165, 1.54) is 18.6 Å². The molecule has 3 N–H and O–H groups in total. The minimum absolute atomic E-state index is 0.188. The minimum Gasteiger partial charge on any atom is -0.414 e. The molecule has 1 aromatic rings. The molecule has 1 unspecified atom stereocenters. The van der Waals surface area contributed by atoms with Crippen molar-refractivity contribution in [3.05, 3.63) is 18.6 Å². The average Bonchev–Trinajstić information content (AvgIpc) is 1.85. The van der Waals surface area contributed by atoms with Crippen molar-refractivity contribution in [3.8, 4) is 5.88 Å². The highest BCUT2D eigenvalue weighted by molar-refractivity contribution is 8.08. The third-order valence-electron chi connectivity index (χ3n) is 0.779. The molecule has 0 fully saturated rings. The van der Waals surface area contributed by atoms with Gasteiger partial charge in [-0.15, -0.1) is 0 Å². The maximum atomic E-state index is 8.89. The van der Waals surface area contributed by atoms with E-state index in [1.807, 2.05) is 0 Å². The molecule has 0 aliphatic heterocycles. The van der Waals surface area contributed by atoms with Gasteiger partial charge in [0.05, 0.1) is 0 Å². The van der Waals surface area contributed by atoms with Crippen molar-refractivity contribution in [1.82, 2.24) is 9.97 Å².